The van der Waals surface area contributed by atoms with Gasteiger partial charge < -0.3 is 4.90 Å². The lowest BCUT2D eigenvalue weighted by molar-refractivity contribution is 0.272. The summed E-state index contributed by atoms with van der Waals surface area (Å²) in [6, 6.07) is 0.889. The molecule has 0 bridgehead atoms. The first kappa shape index (κ1) is 8.06. The minimum absolute atomic E-state index is 0.866. The Morgan fingerprint density at radius 2 is 2.20 bits per heavy atom. The first-order valence-electron chi connectivity index (χ1n) is 4.40. The second-order valence-corrected chi connectivity index (χ2v) is 3.91. The molecule has 1 nitrogen and oxygen atoms in total. The fourth-order valence-electron chi connectivity index (χ4n) is 1.82. The summed E-state index contributed by atoms with van der Waals surface area (Å²) >= 11 is 0. The van der Waals surface area contributed by atoms with E-state index < -0.39 is 0 Å². The minimum Gasteiger partial charge on any atom is -0.303 e. The molecule has 0 unspecified atom stereocenters. The molecule has 0 saturated carbocycles. The molecule has 0 aliphatic carbocycles. The van der Waals surface area contributed by atoms with Gasteiger partial charge in [0.1, 0.15) is 0 Å². The standard InChI is InChI=1S/C9H19N/c1-8(2)7-9-5-4-6-10(9)3/h8-9H,4-7H2,1-3H3/t9-/m0/s1. The molecule has 0 aromatic heterocycles. The van der Waals surface area contributed by atoms with Gasteiger partial charge in [0.15, 0.2) is 0 Å². The van der Waals surface area contributed by atoms with Crippen molar-refractivity contribution in [2.24, 2.45) is 5.92 Å². The summed E-state index contributed by atoms with van der Waals surface area (Å²) in [5.41, 5.74) is 0. The van der Waals surface area contributed by atoms with Crippen LogP contribution in [0.2, 0.25) is 0 Å². The predicted molar refractivity (Wildman–Crippen MR) is 45.1 cm³/mol. The van der Waals surface area contributed by atoms with Gasteiger partial charge in [-0.3, -0.25) is 0 Å². The van der Waals surface area contributed by atoms with Crippen molar-refractivity contribution in [2.45, 2.75) is 39.2 Å². The Morgan fingerprint density at radius 3 is 2.60 bits per heavy atom. The molecule has 0 spiro atoms. The minimum atomic E-state index is 0.866. The third-order valence-electron chi connectivity index (χ3n) is 2.41. The van der Waals surface area contributed by atoms with Crippen LogP contribution in [-0.2, 0) is 0 Å². The highest BCUT2D eigenvalue weighted by molar-refractivity contribution is 4.76. The van der Waals surface area contributed by atoms with Gasteiger partial charge in [0.25, 0.3) is 0 Å². The van der Waals surface area contributed by atoms with E-state index in [1.807, 2.05) is 0 Å². The van der Waals surface area contributed by atoms with Gasteiger partial charge in [0.05, 0.1) is 0 Å². The van der Waals surface area contributed by atoms with Crippen molar-refractivity contribution in [3.05, 3.63) is 0 Å². The maximum atomic E-state index is 2.50. The summed E-state index contributed by atoms with van der Waals surface area (Å²) in [5, 5.41) is 0. The van der Waals surface area contributed by atoms with Gasteiger partial charge in [-0.1, -0.05) is 13.8 Å². The Kier molecular flexibility index (Phi) is 2.72. The zero-order chi connectivity index (χ0) is 7.56. The van der Waals surface area contributed by atoms with E-state index in [0.717, 1.165) is 12.0 Å². The summed E-state index contributed by atoms with van der Waals surface area (Å²) in [6.45, 7) is 5.94. The largest absolute Gasteiger partial charge is 0.303 e. The molecule has 0 aromatic rings. The molecule has 0 N–H and O–H groups in total. The summed E-state index contributed by atoms with van der Waals surface area (Å²) in [5.74, 6) is 0.866. The van der Waals surface area contributed by atoms with Crippen LogP contribution in [0.4, 0.5) is 0 Å². The van der Waals surface area contributed by atoms with Crippen molar-refractivity contribution in [3.8, 4) is 0 Å². The zero-order valence-electron chi connectivity index (χ0n) is 7.43. The average molecular weight is 141 g/mol. The summed E-state index contributed by atoms with van der Waals surface area (Å²) in [7, 11) is 2.25. The topological polar surface area (TPSA) is 3.24 Å². The lowest BCUT2D eigenvalue weighted by Gasteiger charge is -2.20. The van der Waals surface area contributed by atoms with Crippen molar-refractivity contribution in [2.75, 3.05) is 13.6 Å². The summed E-state index contributed by atoms with van der Waals surface area (Å²) < 4.78 is 0. The molecule has 1 heterocycles. The highest BCUT2D eigenvalue weighted by Gasteiger charge is 2.20. The third-order valence-corrected chi connectivity index (χ3v) is 2.41. The molecule has 0 radical (unpaired) electrons. The van der Waals surface area contributed by atoms with E-state index in [1.165, 1.54) is 25.8 Å². The van der Waals surface area contributed by atoms with Crippen LogP contribution >= 0.6 is 0 Å². The first-order valence-corrected chi connectivity index (χ1v) is 4.40. The zero-order valence-corrected chi connectivity index (χ0v) is 7.43. The lowest BCUT2D eigenvalue weighted by atomic mass is 10.0. The number of hydrogen-bond donors (Lipinski definition) is 0. The SMILES string of the molecule is CC(C)C[C@@H]1CCCN1C. The molecule has 0 aromatic carbocycles. The van der Waals surface area contributed by atoms with Crippen LogP contribution in [0.25, 0.3) is 0 Å². The van der Waals surface area contributed by atoms with Crippen LogP contribution in [0.5, 0.6) is 0 Å². The van der Waals surface area contributed by atoms with Crippen molar-refractivity contribution >= 4 is 0 Å². The normalized spacial score (nSPS) is 28.2. The van der Waals surface area contributed by atoms with Crippen LogP contribution in [0, 0.1) is 5.92 Å². The Balaban J connectivity index is 2.26. The molecule has 1 atom stereocenters. The molecule has 1 heteroatoms. The van der Waals surface area contributed by atoms with Gasteiger partial charge in [-0.25, -0.2) is 0 Å². The summed E-state index contributed by atoms with van der Waals surface area (Å²) in [6.07, 6.45) is 4.22. The molecule has 10 heavy (non-hydrogen) atoms. The van der Waals surface area contributed by atoms with Gasteiger partial charge in [0.2, 0.25) is 0 Å². The third kappa shape index (κ3) is 1.98. The lowest BCUT2D eigenvalue weighted by Crippen LogP contribution is -2.25. The molecule has 1 aliphatic heterocycles. The van der Waals surface area contributed by atoms with Gasteiger partial charge >= 0.3 is 0 Å². The predicted octanol–water partition coefficient (Wildman–Crippen LogP) is 2.13. The molecule has 1 aliphatic rings. The first-order chi connectivity index (χ1) is 4.70. The average Bonchev–Trinajstić information content (AvgIpc) is 2.15. The van der Waals surface area contributed by atoms with E-state index in [0.29, 0.717) is 0 Å². The van der Waals surface area contributed by atoms with Gasteiger partial charge in [-0.2, -0.15) is 0 Å². The number of hydrogen-bond acceptors (Lipinski definition) is 1. The quantitative estimate of drug-likeness (QED) is 0.569. The highest BCUT2D eigenvalue weighted by Crippen LogP contribution is 2.20. The maximum Gasteiger partial charge on any atom is 0.00951 e. The van der Waals surface area contributed by atoms with E-state index in [-0.39, 0.29) is 0 Å². The van der Waals surface area contributed by atoms with Gasteiger partial charge in [-0.05, 0) is 38.8 Å². The van der Waals surface area contributed by atoms with E-state index in [9.17, 15) is 0 Å². The van der Waals surface area contributed by atoms with E-state index in [2.05, 4.69) is 25.8 Å². The monoisotopic (exact) mass is 141 g/mol. The highest BCUT2D eigenvalue weighted by atomic mass is 15.1. The van der Waals surface area contributed by atoms with Gasteiger partial charge in [0, 0.05) is 6.04 Å². The Bertz CT molecular complexity index is 98.9. The van der Waals surface area contributed by atoms with E-state index >= 15 is 0 Å². The maximum absolute atomic E-state index is 2.50. The fourth-order valence-corrected chi connectivity index (χ4v) is 1.82. The number of nitrogens with zero attached hydrogens (tertiary/aromatic N) is 1. The molecule has 0 amide bonds. The van der Waals surface area contributed by atoms with Crippen molar-refractivity contribution in [1.29, 1.82) is 0 Å². The Hall–Kier alpha value is -0.0400. The van der Waals surface area contributed by atoms with Gasteiger partial charge in [-0.15, -0.1) is 0 Å². The molecule has 1 rings (SSSR count). The molecule has 1 saturated heterocycles. The van der Waals surface area contributed by atoms with Crippen LogP contribution in [0.1, 0.15) is 33.1 Å². The van der Waals surface area contributed by atoms with Crippen LogP contribution in [0.3, 0.4) is 0 Å². The smallest absolute Gasteiger partial charge is 0.00951 e. The Labute approximate surface area is 64.4 Å². The second kappa shape index (κ2) is 3.38. The van der Waals surface area contributed by atoms with Crippen molar-refractivity contribution < 1.29 is 0 Å². The van der Waals surface area contributed by atoms with Crippen LogP contribution in [0.15, 0.2) is 0 Å². The van der Waals surface area contributed by atoms with Crippen molar-refractivity contribution in [3.63, 3.8) is 0 Å². The fraction of sp³-hybridized carbons (Fsp3) is 1.00. The van der Waals surface area contributed by atoms with E-state index in [1.54, 1.807) is 0 Å². The van der Waals surface area contributed by atoms with Crippen LogP contribution in [-0.4, -0.2) is 24.5 Å². The molecular weight excluding hydrogens is 122 g/mol. The number of likely N-dealkylation sites (tertiary alicyclic amines) is 1. The number of rotatable bonds is 2. The Morgan fingerprint density at radius 1 is 1.50 bits per heavy atom. The summed E-state index contributed by atoms with van der Waals surface area (Å²) in [4.78, 5) is 2.50. The van der Waals surface area contributed by atoms with Crippen molar-refractivity contribution in [1.82, 2.24) is 4.90 Å². The molecule has 1 fully saturated rings. The second-order valence-electron chi connectivity index (χ2n) is 3.91. The van der Waals surface area contributed by atoms with Crippen LogP contribution < -0.4 is 0 Å². The molecule has 60 valence electrons. The molecular formula is C9H19N. The van der Waals surface area contributed by atoms with E-state index in [4.69, 9.17) is 0 Å².